The maximum Gasteiger partial charge on any atom is 0.175 e. The Labute approximate surface area is 140 Å². The van der Waals surface area contributed by atoms with E-state index < -0.39 is 0 Å². The van der Waals surface area contributed by atoms with E-state index in [4.69, 9.17) is 4.74 Å². The van der Waals surface area contributed by atoms with Crippen molar-refractivity contribution < 1.29 is 9.53 Å². The summed E-state index contributed by atoms with van der Waals surface area (Å²) in [7, 11) is 3.63. The molecule has 0 radical (unpaired) electrons. The third-order valence-corrected chi connectivity index (χ3v) is 5.10. The molecule has 3 aromatic rings. The second kappa shape index (κ2) is 6.50. The molecule has 1 heterocycles. The molecular weight excluding hydrogens is 306 g/mol. The Kier molecular flexibility index (Phi) is 4.44. The number of rotatable bonds is 5. The number of aryl methyl sites for hydroxylation is 1. The number of ether oxygens (including phenoxy) is 1. The Hall–Kier alpha value is -2.20. The van der Waals surface area contributed by atoms with Crippen LogP contribution in [0.15, 0.2) is 53.4 Å². The first-order valence-corrected chi connectivity index (χ1v) is 8.44. The Balaban J connectivity index is 1.94. The van der Waals surface area contributed by atoms with Gasteiger partial charge >= 0.3 is 0 Å². The monoisotopic (exact) mass is 325 g/mol. The minimum absolute atomic E-state index is 0.148. The number of carbonyl (C=O) groups is 1. The molecule has 0 aliphatic rings. The summed E-state index contributed by atoms with van der Waals surface area (Å²) in [5.41, 5.74) is 2.84. The molecule has 0 aliphatic heterocycles. The maximum absolute atomic E-state index is 12.8. The van der Waals surface area contributed by atoms with Gasteiger partial charge in [0.1, 0.15) is 5.75 Å². The van der Waals surface area contributed by atoms with Crippen LogP contribution in [0.1, 0.15) is 16.1 Å². The standard InChI is InChI=1S/C19H19NO2S/c1-13-19(18(21)12-23-15-7-5-4-6-8-15)16-11-14(22-3)9-10-17(16)20(13)2/h4-11H,12H2,1-3H3. The number of Topliss-reactive ketones (excluding diaryl/α,β-unsaturated/α-hetero) is 1. The molecule has 0 spiro atoms. The van der Waals surface area contributed by atoms with Crippen molar-refractivity contribution in [3.63, 3.8) is 0 Å². The van der Waals surface area contributed by atoms with E-state index in [9.17, 15) is 4.79 Å². The molecule has 3 rings (SSSR count). The van der Waals surface area contributed by atoms with Gasteiger partial charge in [-0.3, -0.25) is 4.79 Å². The van der Waals surface area contributed by atoms with Crippen LogP contribution in [0.3, 0.4) is 0 Å². The molecule has 0 bridgehead atoms. The van der Waals surface area contributed by atoms with Gasteiger partial charge in [0.2, 0.25) is 0 Å². The molecule has 118 valence electrons. The molecule has 3 nitrogen and oxygen atoms in total. The van der Waals surface area contributed by atoms with Gasteiger partial charge in [0, 0.05) is 34.1 Å². The topological polar surface area (TPSA) is 31.2 Å². The molecule has 0 amide bonds. The van der Waals surface area contributed by atoms with Crippen LogP contribution < -0.4 is 4.74 Å². The van der Waals surface area contributed by atoms with Gasteiger partial charge in [0.05, 0.1) is 12.9 Å². The van der Waals surface area contributed by atoms with Crippen LogP contribution in [-0.2, 0) is 7.05 Å². The van der Waals surface area contributed by atoms with Crippen LogP contribution in [0.2, 0.25) is 0 Å². The Morgan fingerprint density at radius 1 is 1.17 bits per heavy atom. The summed E-state index contributed by atoms with van der Waals surface area (Å²) < 4.78 is 7.37. The highest BCUT2D eigenvalue weighted by atomic mass is 32.2. The van der Waals surface area contributed by atoms with Gasteiger partial charge in [-0.25, -0.2) is 0 Å². The zero-order valence-electron chi connectivity index (χ0n) is 13.5. The quantitative estimate of drug-likeness (QED) is 0.512. The number of thioether (sulfide) groups is 1. The number of methoxy groups -OCH3 is 1. The molecule has 0 saturated carbocycles. The van der Waals surface area contributed by atoms with Crippen LogP contribution in [0.25, 0.3) is 10.9 Å². The molecule has 1 aromatic heterocycles. The number of ketones is 1. The minimum Gasteiger partial charge on any atom is -0.497 e. The highest BCUT2D eigenvalue weighted by Crippen LogP contribution is 2.30. The second-order valence-corrected chi connectivity index (χ2v) is 6.48. The molecule has 0 aliphatic carbocycles. The van der Waals surface area contributed by atoms with E-state index >= 15 is 0 Å². The van der Waals surface area contributed by atoms with Gasteiger partial charge in [-0.15, -0.1) is 11.8 Å². The van der Waals surface area contributed by atoms with E-state index in [-0.39, 0.29) is 5.78 Å². The summed E-state index contributed by atoms with van der Waals surface area (Å²) in [5.74, 6) is 1.35. The summed E-state index contributed by atoms with van der Waals surface area (Å²) >= 11 is 1.57. The number of hydrogen-bond donors (Lipinski definition) is 0. The van der Waals surface area contributed by atoms with Gasteiger partial charge < -0.3 is 9.30 Å². The number of fused-ring (bicyclic) bond motifs is 1. The predicted molar refractivity (Wildman–Crippen MR) is 95.7 cm³/mol. The lowest BCUT2D eigenvalue weighted by atomic mass is 10.1. The van der Waals surface area contributed by atoms with E-state index in [1.807, 2.05) is 62.5 Å². The fourth-order valence-electron chi connectivity index (χ4n) is 2.77. The van der Waals surface area contributed by atoms with Crippen molar-refractivity contribution in [1.82, 2.24) is 4.57 Å². The Morgan fingerprint density at radius 2 is 1.91 bits per heavy atom. The molecule has 23 heavy (non-hydrogen) atoms. The molecule has 0 N–H and O–H groups in total. The van der Waals surface area contributed by atoms with Gasteiger partial charge in [-0.2, -0.15) is 0 Å². The molecule has 4 heteroatoms. The molecule has 0 atom stereocenters. The SMILES string of the molecule is COc1ccc2c(c1)c(C(=O)CSc1ccccc1)c(C)n2C. The fraction of sp³-hybridized carbons (Fsp3) is 0.211. The van der Waals surface area contributed by atoms with Crippen LogP contribution in [-0.4, -0.2) is 23.2 Å². The first kappa shape index (κ1) is 15.7. The molecule has 0 unspecified atom stereocenters. The number of carbonyl (C=O) groups excluding carboxylic acids is 1. The van der Waals surface area contributed by atoms with E-state index in [1.165, 1.54) is 0 Å². The predicted octanol–water partition coefficient (Wildman–Crippen LogP) is 4.47. The van der Waals surface area contributed by atoms with Gasteiger partial charge in [-0.05, 0) is 37.3 Å². The molecular formula is C19H19NO2S. The van der Waals surface area contributed by atoms with E-state index in [1.54, 1.807) is 18.9 Å². The third-order valence-electron chi connectivity index (χ3n) is 4.09. The summed E-state index contributed by atoms with van der Waals surface area (Å²) in [6.07, 6.45) is 0. The average Bonchev–Trinajstić information content (AvgIpc) is 2.84. The van der Waals surface area contributed by atoms with Crippen molar-refractivity contribution in [1.29, 1.82) is 0 Å². The number of hydrogen-bond acceptors (Lipinski definition) is 3. The van der Waals surface area contributed by atoms with Crippen LogP contribution >= 0.6 is 11.8 Å². The second-order valence-electron chi connectivity index (χ2n) is 5.43. The molecule has 0 fully saturated rings. The van der Waals surface area contributed by atoms with Crippen molar-refractivity contribution in [2.24, 2.45) is 7.05 Å². The zero-order valence-corrected chi connectivity index (χ0v) is 14.3. The lowest BCUT2D eigenvalue weighted by Gasteiger charge is -2.03. The van der Waals surface area contributed by atoms with E-state index in [0.29, 0.717) is 5.75 Å². The Morgan fingerprint density at radius 3 is 2.61 bits per heavy atom. The van der Waals surface area contributed by atoms with Crippen molar-refractivity contribution >= 4 is 28.4 Å². The molecule has 2 aromatic carbocycles. The summed E-state index contributed by atoms with van der Waals surface area (Å²) in [6, 6.07) is 15.9. The van der Waals surface area contributed by atoms with Crippen LogP contribution in [0.5, 0.6) is 5.75 Å². The summed E-state index contributed by atoms with van der Waals surface area (Å²) in [5, 5.41) is 0.961. The lowest BCUT2D eigenvalue weighted by molar-refractivity contribution is 0.102. The van der Waals surface area contributed by atoms with Crippen molar-refractivity contribution in [2.75, 3.05) is 12.9 Å². The fourth-order valence-corrected chi connectivity index (χ4v) is 3.56. The van der Waals surface area contributed by atoms with Crippen LogP contribution in [0.4, 0.5) is 0 Å². The normalized spacial score (nSPS) is 10.9. The Bertz CT molecular complexity index is 853. The van der Waals surface area contributed by atoms with E-state index in [2.05, 4.69) is 4.57 Å². The van der Waals surface area contributed by atoms with E-state index in [0.717, 1.165) is 32.8 Å². The first-order chi connectivity index (χ1) is 11.1. The highest BCUT2D eigenvalue weighted by Gasteiger charge is 2.19. The number of nitrogens with zero attached hydrogens (tertiary/aromatic N) is 1. The van der Waals surface area contributed by atoms with Crippen LogP contribution in [0, 0.1) is 6.92 Å². The zero-order chi connectivity index (χ0) is 16.4. The first-order valence-electron chi connectivity index (χ1n) is 7.46. The average molecular weight is 325 g/mol. The highest BCUT2D eigenvalue weighted by molar-refractivity contribution is 8.00. The minimum atomic E-state index is 0.148. The molecule has 0 saturated heterocycles. The van der Waals surface area contributed by atoms with Gasteiger partial charge in [-0.1, -0.05) is 18.2 Å². The smallest absolute Gasteiger partial charge is 0.175 e. The van der Waals surface area contributed by atoms with Gasteiger partial charge in [0.25, 0.3) is 0 Å². The largest absolute Gasteiger partial charge is 0.497 e. The number of benzene rings is 2. The summed E-state index contributed by atoms with van der Waals surface area (Å²) in [6.45, 7) is 1.99. The third kappa shape index (κ3) is 2.99. The van der Waals surface area contributed by atoms with Crippen molar-refractivity contribution in [3.8, 4) is 5.75 Å². The van der Waals surface area contributed by atoms with Gasteiger partial charge in [0.15, 0.2) is 5.78 Å². The summed E-state index contributed by atoms with van der Waals surface area (Å²) in [4.78, 5) is 13.9. The number of aromatic nitrogens is 1. The van der Waals surface area contributed by atoms with Crippen molar-refractivity contribution in [2.45, 2.75) is 11.8 Å². The van der Waals surface area contributed by atoms with Crippen molar-refractivity contribution in [3.05, 3.63) is 59.8 Å². The lowest BCUT2D eigenvalue weighted by Crippen LogP contribution is -2.04. The maximum atomic E-state index is 12.8.